The lowest BCUT2D eigenvalue weighted by molar-refractivity contribution is 0.135. The van der Waals surface area contributed by atoms with Gasteiger partial charge in [0.1, 0.15) is 5.75 Å². The second-order valence-corrected chi connectivity index (χ2v) is 7.78. The summed E-state index contributed by atoms with van der Waals surface area (Å²) in [5.41, 5.74) is 1.03. The molecular weight excluding hydrogens is 358 g/mol. The number of benzene rings is 1. The standard InChI is InChI=1S/C18H22ClN3O2S/c1-24-15-4-2-3-14(11-15)12-20-18(23)22-9-7-21(8-10-22)13-16-5-6-17(19)25-16/h2-6,11H,7-10,12-13H2,1H3,(H,20,23). The maximum Gasteiger partial charge on any atom is 0.317 e. The minimum Gasteiger partial charge on any atom is -0.497 e. The van der Waals surface area contributed by atoms with Crippen molar-refractivity contribution >= 4 is 29.0 Å². The first-order valence-electron chi connectivity index (χ1n) is 8.26. The van der Waals surface area contributed by atoms with E-state index >= 15 is 0 Å². The lowest BCUT2D eigenvalue weighted by atomic mass is 10.2. The van der Waals surface area contributed by atoms with Crippen LogP contribution in [-0.2, 0) is 13.1 Å². The number of amides is 2. The fourth-order valence-electron chi connectivity index (χ4n) is 2.84. The number of ether oxygens (including phenoxy) is 1. The fourth-order valence-corrected chi connectivity index (χ4v) is 3.97. The van der Waals surface area contributed by atoms with E-state index in [-0.39, 0.29) is 6.03 Å². The Labute approximate surface area is 157 Å². The van der Waals surface area contributed by atoms with Gasteiger partial charge in [-0.05, 0) is 29.8 Å². The predicted molar refractivity (Wildman–Crippen MR) is 101 cm³/mol. The number of halogens is 1. The van der Waals surface area contributed by atoms with E-state index in [0.717, 1.165) is 48.4 Å². The number of urea groups is 1. The molecule has 1 N–H and O–H groups in total. The van der Waals surface area contributed by atoms with Crippen LogP contribution >= 0.6 is 22.9 Å². The topological polar surface area (TPSA) is 44.8 Å². The number of hydrogen-bond donors (Lipinski definition) is 1. The van der Waals surface area contributed by atoms with Gasteiger partial charge in [-0.3, -0.25) is 4.90 Å². The van der Waals surface area contributed by atoms with Crippen molar-refractivity contribution in [3.63, 3.8) is 0 Å². The average Bonchev–Trinajstić information content (AvgIpc) is 3.05. The van der Waals surface area contributed by atoms with E-state index < -0.39 is 0 Å². The van der Waals surface area contributed by atoms with Crippen LogP contribution in [0.1, 0.15) is 10.4 Å². The van der Waals surface area contributed by atoms with Crippen molar-refractivity contribution in [1.82, 2.24) is 15.1 Å². The number of carbonyl (C=O) groups excluding carboxylic acids is 1. The number of thiophene rings is 1. The van der Waals surface area contributed by atoms with Crippen LogP contribution < -0.4 is 10.1 Å². The van der Waals surface area contributed by atoms with Crippen molar-refractivity contribution in [1.29, 1.82) is 0 Å². The van der Waals surface area contributed by atoms with E-state index in [1.54, 1.807) is 18.4 Å². The van der Waals surface area contributed by atoms with E-state index in [2.05, 4.69) is 16.3 Å². The molecule has 2 heterocycles. The summed E-state index contributed by atoms with van der Waals surface area (Å²) in [6.07, 6.45) is 0. The van der Waals surface area contributed by atoms with Crippen LogP contribution in [0.4, 0.5) is 4.79 Å². The van der Waals surface area contributed by atoms with E-state index in [1.807, 2.05) is 35.2 Å². The van der Waals surface area contributed by atoms with Gasteiger partial charge in [0.2, 0.25) is 0 Å². The van der Waals surface area contributed by atoms with Crippen molar-refractivity contribution in [3.05, 3.63) is 51.2 Å². The zero-order valence-electron chi connectivity index (χ0n) is 14.2. The maximum atomic E-state index is 12.3. The van der Waals surface area contributed by atoms with Gasteiger partial charge >= 0.3 is 6.03 Å². The Kier molecular flexibility index (Phi) is 6.18. The molecule has 1 saturated heterocycles. The molecule has 0 unspecified atom stereocenters. The first kappa shape index (κ1) is 18.0. The Morgan fingerprint density at radius 2 is 2.04 bits per heavy atom. The van der Waals surface area contributed by atoms with Crippen LogP contribution in [0.15, 0.2) is 36.4 Å². The highest BCUT2D eigenvalue weighted by Crippen LogP contribution is 2.23. The van der Waals surface area contributed by atoms with E-state index in [9.17, 15) is 4.79 Å². The summed E-state index contributed by atoms with van der Waals surface area (Å²) >= 11 is 7.60. The highest BCUT2D eigenvalue weighted by Gasteiger charge is 2.21. The van der Waals surface area contributed by atoms with Crippen LogP contribution in [0, 0.1) is 0 Å². The second kappa shape index (κ2) is 8.56. The zero-order valence-corrected chi connectivity index (χ0v) is 15.8. The number of rotatable bonds is 5. The normalized spacial score (nSPS) is 15.2. The molecule has 1 aromatic carbocycles. The molecule has 2 aromatic rings. The molecule has 1 fully saturated rings. The molecule has 0 radical (unpaired) electrons. The van der Waals surface area contributed by atoms with E-state index in [1.165, 1.54) is 4.88 Å². The summed E-state index contributed by atoms with van der Waals surface area (Å²) in [7, 11) is 1.64. The summed E-state index contributed by atoms with van der Waals surface area (Å²) in [5.74, 6) is 0.800. The quantitative estimate of drug-likeness (QED) is 0.865. The molecule has 2 amide bonds. The molecule has 0 bridgehead atoms. The molecule has 1 aromatic heterocycles. The summed E-state index contributed by atoms with van der Waals surface area (Å²) in [6, 6.07) is 11.7. The van der Waals surface area contributed by atoms with Gasteiger partial charge in [-0.25, -0.2) is 4.79 Å². The molecule has 1 aliphatic rings. The third-order valence-electron chi connectivity index (χ3n) is 4.25. The monoisotopic (exact) mass is 379 g/mol. The van der Waals surface area contributed by atoms with Crippen LogP contribution in [-0.4, -0.2) is 49.1 Å². The average molecular weight is 380 g/mol. The van der Waals surface area contributed by atoms with Gasteiger partial charge in [-0.15, -0.1) is 11.3 Å². The molecule has 25 heavy (non-hydrogen) atoms. The zero-order chi connectivity index (χ0) is 17.6. The van der Waals surface area contributed by atoms with Crippen LogP contribution in [0.25, 0.3) is 0 Å². The molecule has 3 rings (SSSR count). The molecule has 0 spiro atoms. The highest BCUT2D eigenvalue weighted by atomic mass is 35.5. The smallest absolute Gasteiger partial charge is 0.317 e. The van der Waals surface area contributed by atoms with Gasteiger partial charge in [0.25, 0.3) is 0 Å². The SMILES string of the molecule is COc1cccc(CNC(=O)N2CCN(Cc3ccc(Cl)s3)CC2)c1. The van der Waals surface area contributed by atoms with Crippen molar-refractivity contribution in [2.75, 3.05) is 33.3 Å². The van der Waals surface area contributed by atoms with Gasteiger partial charge in [-0.2, -0.15) is 0 Å². The predicted octanol–water partition coefficient (Wildman–Crippen LogP) is 3.44. The van der Waals surface area contributed by atoms with Crippen molar-refractivity contribution in [3.8, 4) is 5.75 Å². The number of hydrogen-bond acceptors (Lipinski definition) is 4. The van der Waals surface area contributed by atoms with Crippen LogP contribution in [0.2, 0.25) is 4.34 Å². The Hall–Kier alpha value is -1.76. The molecule has 5 nitrogen and oxygen atoms in total. The van der Waals surface area contributed by atoms with Crippen molar-refractivity contribution in [2.24, 2.45) is 0 Å². The molecular formula is C18H22ClN3O2S. The van der Waals surface area contributed by atoms with Gasteiger partial charge in [0.15, 0.2) is 0 Å². The van der Waals surface area contributed by atoms with Crippen LogP contribution in [0.3, 0.4) is 0 Å². The number of piperazine rings is 1. The summed E-state index contributed by atoms with van der Waals surface area (Å²) < 4.78 is 6.03. The summed E-state index contributed by atoms with van der Waals surface area (Å²) in [5, 5.41) is 2.99. The molecule has 0 atom stereocenters. The lowest BCUT2D eigenvalue weighted by Gasteiger charge is -2.34. The molecule has 1 aliphatic heterocycles. The Morgan fingerprint density at radius 1 is 1.24 bits per heavy atom. The third kappa shape index (κ3) is 5.11. The Morgan fingerprint density at radius 3 is 2.72 bits per heavy atom. The van der Waals surface area contributed by atoms with Crippen LogP contribution in [0.5, 0.6) is 5.75 Å². The minimum absolute atomic E-state index is 0.0124. The van der Waals surface area contributed by atoms with Gasteiger partial charge in [0, 0.05) is 44.1 Å². The Balaban J connectivity index is 1.43. The van der Waals surface area contributed by atoms with E-state index in [0.29, 0.717) is 6.54 Å². The number of methoxy groups -OCH3 is 1. The summed E-state index contributed by atoms with van der Waals surface area (Å²) in [4.78, 5) is 17.8. The molecule has 134 valence electrons. The third-order valence-corrected chi connectivity index (χ3v) is 5.46. The van der Waals surface area contributed by atoms with Crippen molar-refractivity contribution in [2.45, 2.75) is 13.1 Å². The van der Waals surface area contributed by atoms with Gasteiger partial charge in [0.05, 0.1) is 11.4 Å². The maximum absolute atomic E-state index is 12.3. The largest absolute Gasteiger partial charge is 0.497 e. The molecule has 7 heteroatoms. The first-order valence-corrected chi connectivity index (χ1v) is 9.46. The van der Waals surface area contributed by atoms with Crippen molar-refractivity contribution < 1.29 is 9.53 Å². The number of nitrogens with one attached hydrogen (secondary N) is 1. The van der Waals surface area contributed by atoms with E-state index in [4.69, 9.17) is 16.3 Å². The van der Waals surface area contributed by atoms with Gasteiger partial charge in [-0.1, -0.05) is 23.7 Å². The fraction of sp³-hybridized carbons (Fsp3) is 0.389. The first-order chi connectivity index (χ1) is 12.1. The number of nitrogens with zero attached hydrogens (tertiary/aromatic N) is 2. The summed E-state index contributed by atoms with van der Waals surface area (Å²) in [6.45, 7) is 4.64. The molecule has 0 saturated carbocycles. The highest BCUT2D eigenvalue weighted by molar-refractivity contribution is 7.16. The lowest BCUT2D eigenvalue weighted by Crippen LogP contribution is -2.51. The Bertz CT molecular complexity index is 714. The van der Waals surface area contributed by atoms with Gasteiger partial charge < -0.3 is 15.0 Å². The second-order valence-electron chi connectivity index (χ2n) is 5.98. The minimum atomic E-state index is -0.0124. The molecule has 0 aliphatic carbocycles. The number of carbonyl (C=O) groups is 1.